The van der Waals surface area contributed by atoms with Gasteiger partial charge >= 0.3 is 0 Å². The number of nitrogens with one attached hydrogen (secondary N) is 2. The fraction of sp³-hybridized carbons (Fsp3) is 0.565. The highest BCUT2D eigenvalue weighted by atomic mass is 32.1. The second-order valence-electron chi connectivity index (χ2n) is 8.40. The van der Waals surface area contributed by atoms with Crippen LogP contribution in [0.1, 0.15) is 56.1 Å². The Balaban J connectivity index is 1.55. The van der Waals surface area contributed by atoms with Gasteiger partial charge in [0.15, 0.2) is 5.11 Å². The molecule has 5 nitrogen and oxygen atoms in total. The van der Waals surface area contributed by atoms with Crippen LogP contribution in [0.3, 0.4) is 0 Å². The Morgan fingerprint density at radius 2 is 2.07 bits per heavy atom. The van der Waals surface area contributed by atoms with Gasteiger partial charge in [0.2, 0.25) is 0 Å². The Bertz CT molecular complexity index is 914. The second kappa shape index (κ2) is 9.26. The lowest BCUT2D eigenvalue weighted by atomic mass is 9.94. The normalized spacial score (nSPS) is 20.1. The summed E-state index contributed by atoms with van der Waals surface area (Å²) in [6.45, 7) is 4.16. The van der Waals surface area contributed by atoms with E-state index in [0.29, 0.717) is 12.6 Å². The summed E-state index contributed by atoms with van der Waals surface area (Å²) in [5, 5.41) is 5.25. The molecule has 1 aromatic heterocycles. The van der Waals surface area contributed by atoms with Crippen molar-refractivity contribution in [3.05, 3.63) is 45.7 Å². The van der Waals surface area contributed by atoms with Crippen LogP contribution in [0.15, 0.2) is 29.1 Å². The van der Waals surface area contributed by atoms with E-state index in [9.17, 15) is 4.79 Å². The van der Waals surface area contributed by atoms with Crippen LogP contribution in [0.25, 0.3) is 10.9 Å². The third kappa shape index (κ3) is 4.81. The standard InChI is InChI=1S/C23H31N3O2S/c1-16-7-5-8-17-13-18(22(27)25-21(16)17)15-26(19-9-3-2-4-10-19)23(29)24-14-20-11-6-12-28-20/h5,7-8,13,19-20H,2-4,6,9-12,14-15H2,1H3,(H,24,29)(H,25,27)/t20-/m1/s1. The first-order valence-electron chi connectivity index (χ1n) is 10.9. The van der Waals surface area contributed by atoms with Crippen LogP contribution in [0.4, 0.5) is 0 Å². The van der Waals surface area contributed by atoms with Crippen molar-refractivity contribution >= 4 is 28.2 Å². The number of H-pyrrole nitrogens is 1. The summed E-state index contributed by atoms with van der Waals surface area (Å²) < 4.78 is 5.73. The molecule has 0 spiro atoms. The minimum absolute atomic E-state index is 0.0189. The van der Waals surface area contributed by atoms with E-state index in [0.717, 1.165) is 66.0 Å². The Morgan fingerprint density at radius 3 is 2.83 bits per heavy atom. The maximum absolute atomic E-state index is 12.8. The summed E-state index contributed by atoms with van der Waals surface area (Å²) in [5.41, 5.74) is 2.76. The topological polar surface area (TPSA) is 57.4 Å². The van der Waals surface area contributed by atoms with Crippen molar-refractivity contribution in [3.8, 4) is 0 Å². The molecule has 1 saturated heterocycles. The molecule has 1 aromatic carbocycles. The van der Waals surface area contributed by atoms with Gasteiger partial charge in [-0.05, 0) is 61.8 Å². The molecule has 1 aliphatic heterocycles. The number of aromatic nitrogens is 1. The van der Waals surface area contributed by atoms with Gasteiger partial charge in [0.25, 0.3) is 5.56 Å². The average molecular weight is 414 g/mol. The van der Waals surface area contributed by atoms with Gasteiger partial charge in [0.05, 0.1) is 18.2 Å². The molecule has 6 heteroatoms. The van der Waals surface area contributed by atoms with Crippen molar-refractivity contribution in [1.29, 1.82) is 0 Å². The third-order valence-electron chi connectivity index (χ3n) is 6.29. The third-order valence-corrected chi connectivity index (χ3v) is 6.67. The quantitative estimate of drug-likeness (QED) is 0.725. The lowest BCUT2D eigenvalue weighted by Gasteiger charge is -2.36. The fourth-order valence-electron chi connectivity index (χ4n) is 4.60. The van der Waals surface area contributed by atoms with E-state index in [4.69, 9.17) is 17.0 Å². The van der Waals surface area contributed by atoms with Gasteiger partial charge < -0.3 is 19.9 Å². The van der Waals surface area contributed by atoms with Crippen LogP contribution in [0.2, 0.25) is 0 Å². The first-order chi connectivity index (χ1) is 14.1. The lowest BCUT2D eigenvalue weighted by Crippen LogP contribution is -2.48. The van der Waals surface area contributed by atoms with Gasteiger partial charge in [-0.3, -0.25) is 4.79 Å². The van der Waals surface area contributed by atoms with E-state index in [2.05, 4.69) is 21.3 Å². The molecule has 2 fully saturated rings. The molecule has 4 rings (SSSR count). The van der Waals surface area contributed by atoms with Crippen molar-refractivity contribution in [3.63, 3.8) is 0 Å². The van der Waals surface area contributed by atoms with Gasteiger partial charge in [-0.15, -0.1) is 0 Å². The number of ether oxygens (including phenoxy) is 1. The second-order valence-corrected chi connectivity index (χ2v) is 8.79. The maximum atomic E-state index is 12.8. The van der Waals surface area contributed by atoms with E-state index < -0.39 is 0 Å². The van der Waals surface area contributed by atoms with Crippen LogP contribution in [0.5, 0.6) is 0 Å². The predicted molar refractivity (Wildman–Crippen MR) is 121 cm³/mol. The molecule has 156 valence electrons. The molecule has 2 aliphatic rings. The van der Waals surface area contributed by atoms with Crippen molar-refractivity contribution in [2.24, 2.45) is 0 Å². The lowest BCUT2D eigenvalue weighted by molar-refractivity contribution is 0.112. The number of aryl methyl sites for hydroxylation is 1. The summed E-state index contributed by atoms with van der Waals surface area (Å²) in [7, 11) is 0. The molecule has 0 bridgehead atoms. The van der Waals surface area contributed by atoms with E-state index in [1.54, 1.807) is 0 Å². The highest BCUT2D eigenvalue weighted by molar-refractivity contribution is 7.80. The molecule has 0 radical (unpaired) electrons. The monoisotopic (exact) mass is 413 g/mol. The van der Waals surface area contributed by atoms with Crippen molar-refractivity contribution < 1.29 is 4.74 Å². The number of fused-ring (bicyclic) bond motifs is 1. The molecule has 1 aliphatic carbocycles. The number of benzene rings is 1. The van der Waals surface area contributed by atoms with Crippen molar-refractivity contribution in [2.75, 3.05) is 13.2 Å². The van der Waals surface area contributed by atoms with E-state index in [1.165, 1.54) is 19.3 Å². The fourth-order valence-corrected chi connectivity index (χ4v) is 4.89. The first kappa shape index (κ1) is 20.4. The van der Waals surface area contributed by atoms with Gasteiger partial charge in [0, 0.05) is 24.8 Å². The van der Waals surface area contributed by atoms with Crippen LogP contribution in [-0.2, 0) is 11.3 Å². The van der Waals surface area contributed by atoms with Crippen LogP contribution in [-0.4, -0.2) is 40.3 Å². The summed E-state index contributed by atoms with van der Waals surface area (Å²) >= 11 is 5.80. The molecular weight excluding hydrogens is 382 g/mol. The first-order valence-corrected chi connectivity index (χ1v) is 11.3. The number of rotatable bonds is 5. The van der Waals surface area contributed by atoms with Gasteiger partial charge in [-0.25, -0.2) is 0 Å². The number of nitrogens with zero attached hydrogens (tertiary/aromatic N) is 1. The Hall–Kier alpha value is -1.92. The van der Waals surface area contributed by atoms with Crippen LogP contribution in [0, 0.1) is 6.92 Å². The highest BCUT2D eigenvalue weighted by Gasteiger charge is 2.25. The van der Waals surface area contributed by atoms with E-state index >= 15 is 0 Å². The smallest absolute Gasteiger partial charge is 0.253 e. The van der Waals surface area contributed by atoms with Gasteiger partial charge in [0.1, 0.15) is 0 Å². The molecule has 0 amide bonds. The minimum atomic E-state index is -0.0189. The molecular formula is C23H31N3O2S. The minimum Gasteiger partial charge on any atom is -0.376 e. The van der Waals surface area contributed by atoms with Crippen LogP contribution < -0.4 is 10.9 Å². The molecule has 1 saturated carbocycles. The average Bonchev–Trinajstić information content (AvgIpc) is 3.25. The van der Waals surface area contributed by atoms with Crippen molar-refractivity contribution in [1.82, 2.24) is 15.2 Å². The van der Waals surface area contributed by atoms with Gasteiger partial charge in [-0.1, -0.05) is 37.5 Å². The Kier molecular flexibility index (Phi) is 6.50. The number of hydrogen-bond acceptors (Lipinski definition) is 3. The van der Waals surface area contributed by atoms with Gasteiger partial charge in [-0.2, -0.15) is 0 Å². The zero-order chi connectivity index (χ0) is 20.2. The number of pyridine rings is 1. The number of thiocarbonyl (C=S) groups is 1. The number of para-hydroxylation sites is 1. The number of hydrogen-bond donors (Lipinski definition) is 2. The molecule has 0 unspecified atom stereocenters. The molecule has 29 heavy (non-hydrogen) atoms. The highest BCUT2D eigenvalue weighted by Crippen LogP contribution is 2.25. The Labute approximate surface area is 177 Å². The van der Waals surface area contributed by atoms with E-state index in [1.807, 2.05) is 25.1 Å². The Morgan fingerprint density at radius 1 is 1.24 bits per heavy atom. The SMILES string of the molecule is Cc1cccc2cc(CN(C(=S)NC[C@H]3CCCO3)C3CCCCC3)c(=O)[nH]c12. The predicted octanol–water partition coefficient (Wildman–Crippen LogP) is 4.02. The molecule has 2 heterocycles. The largest absolute Gasteiger partial charge is 0.376 e. The molecule has 1 atom stereocenters. The summed E-state index contributed by atoms with van der Waals surface area (Å²) in [6, 6.07) is 8.53. The summed E-state index contributed by atoms with van der Waals surface area (Å²) in [5.74, 6) is 0. The summed E-state index contributed by atoms with van der Waals surface area (Å²) in [4.78, 5) is 18.2. The maximum Gasteiger partial charge on any atom is 0.253 e. The zero-order valence-electron chi connectivity index (χ0n) is 17.2. The number of aromatic amines is 1. The molecule has 2 aromatic rings. The summed E-state index contributed by atoms with van der Waals surface area (Å²) in [6.07, 6.45) is 8.45. The molecule has 2 N–H and O–H groups in total. The van der Waals surface area contributed by atoms with E-state index in [-0.39, 0.29) is 11.7 Å². The van der Waals surface area contributed by atoms with Crippen LogP contribution >= 0.6 is 12.2 Å². The van der Waals surface area contributed by atoms with Crippen molar-refractivity contribution in [2.45, 2.75) is 70.6 Å². The zero-order valence-corrected chi connectivity index (χ0v) is 18.0.